The van der Waals surface area contributed by atoms with Crippen molar-refractivity contribution in [2.24, 2.45) is 0 Å². The molecule has 0 radical (unpaired) electrons. The molecule has 2 N–H and O–H groups in total. The molecule has 1 aliphatic rings. The number of carboxylic acids is 1. The topological polar surface area (TPSA) is 73.7 Å². The first kappa shape index (κ1) is 11.3. The molecule has 0 aromatic carbocycles. The minimum Gasteiger partial charge on any atom is -0.480 e. The smallest absolute Gasteiger partial charge is 0.326 e. The largest absolute Gasteiger partial charge is 0.480 e. The number of aliphatic carboxylic acids is 1. The molecule has 2 rings (SSSR count). The minimum atomic E-state index is -0.929. The van der Waals surface area contributed by atoms with Gasteiger partial charge in [-0.25, -0.2) is 9.78 Å². The van der Waals surface area contributed by atoms with Crippen LogP contribution in [0.15, 0.2) is 22.8 Å². The standard InChI is InChI=1S/C10H11BrN2O3/c11-6-1-2-9(12-4-6)13-5-7(14)3-8(13)10(15)16/h1-2,4,7-8,14H,3,5H2,(H,15,16). The Labute approximate surface area is 101 Å². The normalized spacial score (nSPS) is 24.8. The first-order valence-corrected chi connectivity index (χ1v) is 5.66. The molecular weight excluding hydrogens is 276 g/mol. The highest BCUT2D eigenvalue weighted by molar-refractivity contribution is 9.10. The van der Waals surface area contributed by atoms with Gasteiger partial charge in [0, 0.05) is 23.6 Å². The molecule has 1 aliphatic heterocycles. The highest BCUT2D eigenvalue weighted by atomic mass is 79.9. The van der Waals surface area contributed by atoms with Crippen molar-refractivity contribution in [1.29, 1.82) is 0 Å². The van der Waals surface area contributed by atoms with Crippen molar-refractivity contribution in [2.75, 3.05) is 11.4 Å². The van der Waals surface area contributed by atoms with E-state index in [0.717, 1.165) is 4.47 Å². The average Bonchev–Trinajstić information content (AvgIpc) is 2.61. The summed E-state index contributed by atoms with van der Waals surface area (Å²) in [6.45, 7) is 0.311. The number of aliphatic hydroxyl groups is 1. The third-order valence-corrected chi connectivity index (χ3v) is 3.04. The lowest BCUT2D eigenvalue weighted by Crippen LogP contribution is -2.36. The van der Waals surface area contributed by atoms with Crippen LogP contribution in [0, 0.1) is 0 Å². The molecule has 1 saturated heterocycles. The van der Waals surface area contributed by atoms with E-state index in [9.17, 15) is 9.90 Å². The van der Waals surface area contributed by atoms with Gasteiger partial charge in [-0.15, -0.1) is 0 Å². The lowest BCUT2D eigenvalue weighted by Gasteiger charge is -2.21. The van der Waals surface area contributed by atoms with Gasteiger partial charge in [0.05, 0.1) is 6.10 Å². The molecule has 1 fully saturated rings. The molecule has 2 atom stereocenters. The Balaban J connectivity index is 2.25. The Morgan fingerprint density at radius 3 is 2.88 bits per heavy atom. The van der Waals surface area contributed by atoms with Crippen LogP contribution in [0.3, 0.4) is 0 Å². The van der Waals surface area contributed by atoms with Gasteiger partial charge in [-0.05, 0) is 28.1 Å². The monoisotopic (exact) mass is 286 g/mol. The summed E-state index contributed by atoms with van der Waals surface area (Å²) in [4.78, 5) is 16.8. The Kier molecular flexibility index (Phi) is 3.11. The minimum absolute atomic E-state index is 0.243. The summed E-state index contributed by atoms with van der Waals surface area (Å²) in [6.07, 6.45) is 1.25. The van der Waals surface area contributed by atoms with Gasteiger partial charge < -0.3 is 15.1 Å². The molecule has 0 saturated carbocycles. The fraction of sp³-hybridized carbons (Fsp3) is 0.400. The summed E-state index contributed by atoms with van der Waals surface area (Å²) in [6, 6.07) is 2.84. The Morgan fingerprint density at radius 2 is 2.31 bits per heavy atom. The van der Waals surface area contributed by atoms with Gasteiger partial charge in [0.25, 0.3) is 0 Å². The van der Waals surface area contributed by atoms with Gasteiger partial charge in [-0.3, -0.25) is 0 Å². The number of halogens is 1. The van der Waals surface area contributed by atoms with Crippen LogP contribution < -0.4 is 4.90 Å². The SMILES string of the molecule is O=C(O)C1CC(O)CN1c1ccc(Br)cn1. The number of aromatic nitrogens is 1. The zero-order chi connectivity index (χ0) is 11.7. The quantitative estimate of drug-likeness (QED) is 0.844. The molecule has 5 nitrogen and oxygen atoms in total. The van der Waals surface area contributed by atoms with Gasteiger partial charge in [0.2, 0.25) is 0 Å². The summed E-state index contributed by atoms with van der Waals surface area (Å²) in [5, 5.41) is 18.5. The van der Waals surface area contributed by atoms with E-state index in [1.54, 1.807) is 23.2 Å². The molecule has 16 heavy (non-hydrogen) atoms. The Bertz CT molecular complexity index is 396. The van der Waals surface area contributed by atoms with Crippen LogP contribution in [0.5, 0.6) is 0 Å². The molecule has 2 heterocycles. The van der Waals surface area contributed by atoms with E-state index < -0.39 is 18.1 Å². The second kappa shape index (κ2) is 4.39. The molecule has 1 aromatic heterocycles. The Morgan fingerprint density at radius 1 is 1.56 bits per heavy atom. The number of hydrogen-bond acceptors (Lipinski definition) is 4. The molecule has 1 aromatic rings. The third kappa shape index (κ3) is 2.17. The molecule has 0 bridgehead atoms. The lowest BCUT2D eigenvalue weighted by molar-refractivity contribution is -0.138. The van der Waals surface area contributed by atoms with Crippen molar-refractivity contribution in [3.63, 3.8) is 0 Å². The van der Waals surface area contributed by atoms with Crippen LogP contribution >= 0.6 is 15.9 Å². The van der Waals surface area contributed by atoms with Crippen LogP contribution in [-0.2, 0) is 4.79 Å². The van der Waals surface area contributed by atoms with E-state index in [4.69, 9.17) is 5.11 Å². The van der Waals surface area contributed by atoms with Crippen molar-refractivity contribution in [3.8, 4) is 0 Å². The summed E-state index contributed by atoms with van der Waals surface area (Å²) < 4.78 is 0.836. The van der Waals surface area contributed by atoms with E-state index >= 15 is 0 Å². The predicted octanol–water partition coefficient (Wildman–Crippen LogP) is 0.868. The van der Waals surface area contributed by atoms with Gasteiger partial charge in [-0.2, -0.15) is 0 Å². The maximum Gasteiger partial charge on any atom is 0.326 e. The zero-order valence-electron chi connectivity index (χ0n) is 8.38. The highest BCUT2D eigenvalue weighted by Crippen LogP contribution is 2.25. The second-order valence-corrected chi connectivity index (χ2v) is 4.65. The van der Waals surface area contributed by atoms with Crippen molar-refractivity contribution < 1.29 is 15.0 Å². The number of carbonyl (C=O) groups is 1. The number of β-amino-alcohol motifs (C(OH)–C–C–N with tert-alkyl or cyclic N) is 1. The highest BCUT2D eigenvalue weighted by Gasteiger charge is 2.36. The maximum absolute atomic E-state index is 11.0. The molecule has 0 spiro atoms. The van der Waals surface area contributed by atoms with Crippen LogP contribution in [0.2, 0.25) is 0 Å². The van der Waals surface area contributed by atoms with Crippen LogP contribution in [-0.4, -0.2) is 39.9 Å². The number of pyridine rings is 1. The van der Waals surface area contributed by atoms with Gasteiger partial charge in [-0.1, -0.05) is 0 Å². The molecular formula is C10H11BrN2O3. The first-order chi connectivity index (χ1) is 7.58. The van der Waals surface area contributed by atoms with Gasteiger partial charge in [0.1, 0.15) is 11.9 Å². The number of nitrogens with zero attached hydrogens (tertiary/aromatic N) is 2. The van der Waals surface area contributed by atoms with E-state index in [1.807, 2.05) is 0 Å². The van der Waals surface area contributed by atoms with Crippen LogP contribution in [0.25, 0.3) is 0 Å². The molecule has 2 unspecified atom stereocenters. The number of aliphatic hydroxyl groups excluding tert-OH is 1. The fourth-order valence-corrected chi connectivity index (χ4v) is 2.07. The fourth-order valence-electron chi connectivity index (χ4n) is 1.84. The molecule has 86 valence electrons. The maximum atomic E-state index is 11.0. The van der Waals surface area contributed by atoms with E-state index in [2.05, 4.69) is 20.9 Å². The summed E-state index contributed by atoms with van der Waals surface area (Å²) in [7, 11) is 0. The van der Waals surface area contributed by atoms with E-state index in [1.165, 1.54) is 0 Å². The Hall–Kier alpha value is -1.14. The van der Waals surface area contributed by atoms with Crippen molar-refractivity contribution in [2.45, 2.75) is 18.6 Å². The lowest BCUT2D eigenvalue weighted by atomic mass is 10.2. The number of carboxylic acid groups (broad SMARTS) is 1. The third-order valence-electron chi connectivity index (χ3n) is 2.57. The number of rotatable bonds is 2. The number of anilines is 1. The molecule has 0 amide bonds. The number of hydrogen-bond donors (Lipinski definition) is 2. The van der Waals surface area contributed by atoms with Gasteiger partial charge in [0.15, 0.2) is 0 Å². The van der Waals surface area contributed by atoms with Crippen LogP contribution in [0.1, 0.15) is 6.42 Å². The van der Waals surface area contributed by atoms with Gasteiger partial charge >= 0.3 is 5.97 Å². The van der Waals surface area contributed by atoms with E-state index in [-0.39, 0.29) is 6.42 Å². The average molecular weight is 287 g/mol. The molecule has 6 heteroatoms. The van der Waals surface area contributed by atoms with E-state index in [0.29, 0.717) is 12.4 Å². The van der Waals surface area contributed by atoms with Crippen molar-refractivity contribution in [3.05, 3.63) is 22.8 Å². The summed E-state index contributed by atoms with van der Waals surface area (Å²) >= 11 is 3.26. The van der Waals surface area contributed by atoms with Crippen molar-refractivity contribution >= 4 is 27.7 Å². The predicted molar refractivity (Wildman–Crippen MR) is 61.3 cm³/mol. The van der Waals surface area contributed by atoms with Crippen molar-refractivity contribution in [1.82, 2.24) is 4.98 Å². The summed E-state index contributed by atoms with van der Waals surface area (Å²) in [5.74, 6) is -0.353. The summed E-state index contributed by atoms with van der Waals surface area (Å²) in [5.41, 5.74) is 0. The molecule has 0 aliphatic carbocycles. The second-order valence-electron chi connectivity index (χ2n) is 3.73. The zero-order valence-corrected chi connectivity index (χ0v) is 9.96. The van der Waals surface area contributed by atoms with Crippen LogP contribution in [0.4, 0.5) is 5.82 Å². The first-order valence-electron chi connectivity index (χ1n) is 4.87.